The van der Waals surface area contributed by atoms with Crippen LogP contribution < -0.4 is 5.32 Å². The molecule has 0 fully saturated rings. The Morgan fingerprint density at radius 1 is 1.21 bits per heavy atom. The van der Waals surface area contributed by atoms with Crippen molar-refractivity contribution in [3.05, 3.63) is 47.3 Å². The first-order chi connectivity index (χ1) is 8.91. The van der Waals surface area contributed by atoms with Crippen LogP contribution in [0.15, 0.2) is 30.5 Å². The van der Waals surface area contributed by atoms with Gasteiger partial charge in [0.2, 0.25) is 0 Å². The van der Waals surface area contributed by atoms with E-state index in [4.69, 9.17) is 0 Å². The molecule has 1 aromatic heterocycles. The number of alkyl halides is 3. The van der Waals surface area contributed by atoms with E-state index in [-0.39, 0.29) is 0 Å². The molecule has 0 atom stereocenters. The molecule has 2 rings (SSSR count). The van der Waals surface area contributed by atoms with E-state index in [2.05, 4.69) is 10.4 Å². The Kier molecular flexibility index (Phi) is 3.61. The Balaban J connectivity index is 2.30. The molecule has 6 heteroatoms. The number of halogens is 3. The zero-order valence-corrected chi connectivity index (χ0v) is 10.6. The molecule has 2 aromatic rings. The molecule has 1 aromatic carbocycles. The number of hydrogen-bond acceptors (Lipinski definition) is 2. The van der Waals surface area contributed by atoms with Crippen LogP contribution in [0.5, 0.6) is 0 Å². The maximum atomic E-state index is 12.5. The maximum Gasteiger partial charge on any atom is 0.416 e. The van der Waals surface area contributed by atoms with E-state index in [0.717, 1.165) is 23.4 Å². The Bertz CT molecular complexity index is 556. The first-order valence-corrected chi connectivity index (χ1v) is 5.79. The summed E-state index contributed by atoms with van der Waals surface area (Å²) in [5, 5.41) is 7.30. The summed E-state index contributed by atoms with van der Waals surface area (Å²) in [6, 6.07) is 4.95. The fraction of sp³-hybridized carbons (Fsp3) is 0.308. The van der Waals surface area contributed by atoms with E-state index < -0.39 is 11.7 Å². The third-order valence-electron chi connectivity index (χ3n) is 2.83. The number of hydrogen-bond donors (Lipinski definition) is 1. The Hall–Kier alpha value is -1.82. The van der Waals surface area contributed by atoms with Gasteiger partial charge in [0.15, 0.2) is 0 Å². The standard InChI is InChI=1S/C13H14F3N3/c1-9-10(7-17-2)8-19(18-9)12-5-3-11(4-6-12)13(14,15)16/h3-6,8,17H,7H2,1-2H3. The number of rotatable bonds is 3. The van der Waals surface area contributed by atoms with E-state index in [1.807, 2.05) is 20.2 Å². The first kappa shape index (κ1) is 13.6. The second-order valence-electron chi connectivity index (χ2n) is 4.26. The van der Waals surface area contributed by atoms with Crippen molar-refractivity contribution >= 4 is 0 Å². The second-order valence-corrected chi connectivity index (χ2v) is 4.26. The summed E-state index contributed by atoms with van der Waals surface area (Å²) in [5.41, 5.74) is 1.82. The van der Waals surface area contributed by atoms with Crippen LogP contribution in [0.3, 0.4) is 0 Å². The van der Waals surface area contributed by atoms with Gasteiger partial charge in [0.05, 0.1) is 16.9 Å². The maximum absolute atomic E-state index is 12.5. The van der Waals surface area contributed by atoms with Gasteiger partial charge in [-0.2, -0.15) is 18.3 Å². The van der Waals surface area contributed by atoms with E-state index in [9.17, 15) is 13.2 Å². The monoisotopic (exact) mass is 269 g/mol. The van der Waals surface area contributed by atoms with Gasteiger partial charge in [-0.15, -0.1) is 0 Å². The van der Waals surface area contributed by atoms with Crippen molar-refractivity contribution in [1.29, 1.82) is 0 Å². The van der Waals surface area contributed by atoms with Crippen molar-refractivity contribution in [3.63, 3.8) is 0 Å². The predicted molar refractivity (Wildman–Crippen MR) is 66.1 cm³/mol. The molecule has 0 amide bonds. The van der Waals surface area contributed by atoms with Crippen LogP contribution in [0.2, 0.25) is 0 Å². The number of nitrogens with one attached hydrogen (secondary N) is 1. The molecular formula is C13H14F3N3. The molecule has 0 spiro atoms. The molecule has 0 aliphatic heterocycles. The Labute approximate surface area is 109 Å². The minimum absolute atomic E-state index is 0.610. The fourth-order valence-electron chi connectivity index (χ4n) is 1.80. The van der Waals surface area contributed by atoms with Gasteiger partial charge in [-0.3, -0.25) is 0 Å². The summed E-state index contributed by atoms with van der Waals surface area (Å²) in [7, 11) is 1.83. The van der Waals surface area contributed by atoms with Crippen LogP contribution >= 0.6 is 0 Å². The summed E-state index contributed by atoms with van der Waals surface area (Å²) < 4.78 is 39.0. The van der Waals surface area contributed by atoms with E-state index in [0.29, 0.717) is 12.2 Å². The molecule has 0 aliphatic rings. The summed E-state index contributed by atoms with van der Waals surface area (Å²) in [6.07, 6.45) is -2.50. The van der Waals surface area contributed by atoms with E-state index >= 15 is 0 Å². The largest absolute Gasteiger partial charge is 0.416 e. The lowest BCUT2D eigenvalue weighted by Gasteiger charge is -2.07. The highest BCUT2D eigenvalue weighted by atomic mass is 19.4. The summed E-state index contributed by atoms with van der Waals surface area (Å²) in [4.78, 5) is 0. The predicted octanol–water partition coefficient (Wildman–Crippen LogP) is 2.92. The van der Waals surface area contributed by atoms with Crippen LogP contribution in [0.25, 0.3) is 5.69 Å². The minimum Gasteiger partial charge on any atom is -0.316 e. The summed E-state index contributed by atoms with van der Waals surface area (Å²) in [5.74, 6) is 0. The highest BCUT2D eigenvalue weighted by molar-refractivity contribution is 5.36. The summed E-state index contributed by atoms with van der Waals surface area (Å²) >= 11 is 0. The number of aryl methyl sites for hydroxylation is 1. The average molecular weight is 269 g/mol. The Morgan fingerprint density at radius 2 is 1.84 bits per heavy atom. The minimum atomic E-state index is -4.31. The zero-order valence-electron chi connectivity index (χ0n) is 10.6. The second kappa shape index (κ2) is 5.05. The molecular weight excluding hydrogens is 255 g/mol. The van der Waals surface area contributed by atoms with Crippen molar-refractivity contribution in [1.82, 2.24) is 15.1 Å². The lowest BCUT2D eigenvalue weighted by Crippen LogP contribution is -2.05. The van der Waals surface area contributed by atoms with Gasteiger partial charge in [-0.25, -0.2) is 4.68 Å². The first-order valence-electron chi connectivity index (χ1n) is 5.79. The van der Waals surface area contributed by atoms with Gasteiger partial charge in [-0.05, 0) is 38.2 Å². The smallest absolute Gasteiger partial charge is 0.316 e. The highest BCUT2D eigenvalue weighted by Crippen LogP contribution is 2.29. The molecule has 0 radical (unpaired) electrons. The SMILES string of the molecule is CNCc1cn(-c2ccc(C(F)(F)F)cc2)nc1C. The fourth-order valence-corrected chi connectivity index (χ4v) is 1.80. The lowest BCUT2D eigenvalue weighted by molar-refractivity contribution is -0.137. The Morgan fingerprint density at radius 3 is 2.37 bits per heavy atom. The van der Waals surface area contributed by atoms with Gasteiger partial charge < -0.3 is 5.32 Å². The summed E-state index contributed by atoms with van der Waals surface area (Å²) in [6.45, 7) is 2.54. The van der Waals surface area contributed by atoms with Crippen molar-refractivity contribution in [2.24, 2.45) is 0 Å². The zero-order chi connectivity index (χ0) is 14.0. The van der Waals surface area contributed by atoms with Crippen LogP contribution in [0.4, 0.5) is 13.2 Å². The molecule has 1 N–H and O–H groups in total. The average Bonchev–Trinajstić information content (AvgIpc) is 2.71. The lowest BCUT2D eigenvalue weighted by atomic mass is 10.2. The van der Waals surface area contributed by atoms with Gasteiger partial charge in [0.1, 0.15) is 0 Å². The van der Waals surface area contributed by atoms with Crippen molar-refractivity contribution in [2.45, 2.75) is 19.6 Å². The molecule has 0 saturated carbocycles. The molecule has 0 bridgehead atoms. The van der Waals surface area contributed by atoms with Crippen LogP contribution in [-0.2, 0) is 12.7 Å². The molecule has 3 nitrogen and oxygen atoms in total. The van der Waals surface area contributed by atoms with Crippen LogP contribution in [0, 0.1) is 6.92 Å². The third kappa shape index (κ3) is 2.96. The van der Waals surface area contributed by atoms with Gasteiger partial charge in [0, 0.05) is 18.3 Å². The quantitative estimate of drug-likeness (QED) is 0.928. The van der Waals surface area contributed by atoms with Crippen molar-refractivity contribution < 1.29 is 13.2 Å². The molecule has 102 valence electrons. The molecule has 0 unspecified atom stereocenters. The van der Waals surface area contributed by atoms with Gasteiger partial charge in [0.25, 0.3) is 0 Å². The molecule has 0 saturated heterocycles. The van der Waals surface area contributed by atoms with E-state index in [1.54, 1.807) is 4.68 Å². The van der Waals surface area contributed by atoms with Gasteiger partial charge in [-0.1, -0.05) is 0 Å². The molecule has 1 heterocycles. The third-order valence-corrected chi connectivity index (χ3v) is 2.83. The van der Waals surface area contributed by atoms with Crippen LogP contribution in [-0.4, -0.2) is 16.8 Å². The number of nitrogens with zero attached hydrogens (tertiary/aromatic N) is 2. The molecule has 19 heavy (non-hydrogen) atoms. The normalized spacial score (nSPS) is 11.8. The van der Waals surface area contributed by atoms with E-state index in [1.165, 1.54) is 12.1 Å². The molecule has 0 aliphatic carbocycles. The van der Waals surface area contributed by atoms with Crippen molar-refractivity contribution in [3.8, 4) is 5.69 Å². The highest BCUT2D eigenvalue weighted by Gasteiger charge is 2.30. The van der Waals surface area contributed by atoms with Crippen molar-refractivity contribution in [2.75, 3.05) is 7.05 Å². The topological polar surface area (TPSA) is 29.9 Å². The number of aromatic nitrogens is 2. The van der Waals surface area contributed by atoms with Gasteiger partial charge >= 0.3 is 6.18 Å². The van der Waals surface area contributed by atoms with Crippen LogP contribution in [0.1, 0.15) is 16.8 Å². The number of benzene rings is 1.